The smallest absolute Gasteiger partial charge is 0.290 e. The van der Waals surface area contributed by atoms with Crippen LogP contribution in [0.3, 0.4) is 0 Å². The van der Waals surface area contributed by atoms with Gasteiger partial charge in [-0.2, -0.15) is 0 Å². The molecule has 126 valence electrons. The van der Waals surface area contributed by atoms with Gasteiger partial charge in [-0.25, -0.2) is 9.69 Å². The summed E-state index contributed by atoms with van der Waals surface area (Å²) >= 11 is 0. The Bertz CT molecular complexity index is 848. The topological polar surface area (TPSA) is 91.7 Å². The summed E-state index contributed by atoms with van der Waals surface area (Å²) in [6, 6.07) is 11.6. The lowest BCUT2D eigenvalue weighted by Gasteiger charge is -2.29. The van der Waals surface area contributed by atoms with Crippen molar-refractivity contribution in [2.75, 3.05) is 4.90 Å². The number of nitrogens with one attached hydrogen (secondary N) is 1. The predicted octanol–water partition coefficient (Wildman–Crippen LogP) is 1.86. The summed E-state index contributed by atoms with van der Waals surface area (Å²) in [6.45, 7) is 2.03. The fourth-order valence-corrected chi connectivity index (χ4v) is 2.51. The minimum absolute atomic E-state index is 0.246. The van der Waals surface area contributed by atoms with Gasteiger partial charge in [-0.3, -0.25) is 24.9 Å². The third-order valence-electron chi connectivity index (χ3n) is 3.79. The highest BCUT2D eigenvalue weighted by Gasteiger charge is 2.40. The highest BCUT2D eigenvalue weighted by molar-refractivity contribution is 6.32. The number of aliphatic imine (C=N–C) groups is 1. The van der Waals surface area contributed by atoms with E-state index in [4.69, 9.17) is 0 Å². The fourth-order valence-electron chi connectivity index (χ4n) is 2.51. The molecule has 7 heteroatoms. The monoisotopic (exact) mass is 336 g/mol. The molecule has 1 fully saturated rings. The zero-order valence-electron chi connectivity index (χ0n) is 13.5. The SMILES string of the molecule is Cc1ccccc1N1C(=O)NC(=O)[C@H](C=NCc2ccccn2)C1=O. The number of nitrogens with zero attached hydrogens (tertiary/aromatic N) is 3. The molecule has 4 amide bonds. The van der Waals surface area contributed by atoms with Gasteiger partial charge in [0, 0.05) is 12.4 Å². The van der Waals surface area contributed by atoms with Crippen LogP contribution < -0.4 is 10.2 Å². The van der Waals surface area contributed by atoms with E-state index in [0.29, 0.717) is 11.4 Å². The lowest BCUT2D eigenvalue weighted by atomic mass is 10.0. The molecule has 0 radical (unpaired) electrons. The summed E-state index contributed by atoms with van der Waals surface area (Å²) in [5, 5.41) is 2.20. The van der Waals surface area contributed by atoms with E-state index in [1.165, 1.54) is 6.21 Å². The van der Waals surface area contributed by atoms with Crippen molar-refractivity contribution in [3.8, 4) is 0 Å². The molecule has 25 heavy (non-hydrogen) atoms. The first-order chi connectivity index (χ1) is 12.1. The third kappa shape index (κ3) is 3.45. The van der Waals surface area contributed by atoms with Crippen molar-refractivity contribution in [2.45, 2.75) is 13.5 Å². The molecular weight excluding hydrogens is 320 g/mol. The summed E-state index contributed by atoms with van der Waals surface area (Å²) in [4.78, 5) is 46.1. The molecule has 7 nitrogen and oxygen atoms in total. The van der Waals surface area contributed by atoms with Crippen molar-refractivity contribution in [3.63, 3.8) is 0 Å². The first-order valence-corrected chi connectivity index (χ1v) is 7.72. The summed E-state index contributed by atoms with van der Waals surface area (Å²) < 4.78 is 0. The lowest BCUT2D eigenvalue weighted by Crippen LogP contribution is -2.58. The van der Waals surface area contributed by atoms with Crippen molar-refractivity contribution in [1.29, 1.82) is 0 Å². The molecule has 0 saturated carbocycles. The van der Waals surface area contributed by atoms with Gasteiger partial charge in [0.05, 0.1) is 17.9 Å². The maximum atomic E-state index is 12.7. The first kappa shape index (κ1) is 16.5. The number of carbonyl (C=O) groups is 3. The molecule has 1 atom stereocenters. The van der Waals surface area contributed by atoms with Gasteiger partial charge >= 0.3 is 6.03 Å². The van der Waals surface area contributed by atoms with Crippen LogP contribution in [-0.4, -0.2) is 29.0 Å². The van der Waals surface area contributed by atoms with Crippen molar-refractivity contribution in [2.24, 2.45) is 10.9 Å². The molecule has 1 N–H and O–H groups in total. The van der Waals surface area contributed by atoms with E-state index in [2.05, 4.69) is 15.3 Å². The standard InChI is InChI=1S/C18H16N4O3/c1-12-6-2-3-8-15(12)22-17(24)14(16(23)21-18(22)25)11-19-10-13-7-4-5-9-20-13/h2-9,11,14H,10H2,1H3,(H,21,23,25)/t14-/m0/s1. The highest BCUT2D eigenvalue weighted by atomic mass is 16.2. The van der Waals surface area contributed by atoms with E-state index in [0.717, 1.165) is 10.5 Å². The van der Waals surface area contributed by atoms with Crippen LogP contribution in [-0.2, 0) is 16.1 Å². The highest BCUT2D eigenvalue weighted by Crippen LogP contribution is 2.23. The van der Waals surface area contributed by atoms with Crippen molar-refractivity contribution < 1.29 is 14.4 Å². The molecule has 2 aromatic rings. The Hall–Kier alpha value is -3.35. The third-order valence-corrected chi connectivity index (χ3v) is 3.79. The van der Waals surface area contributed by atoms with Crippen molar-refractivity contribution >= 4 is 29.7 Å². The van der Waals surface area contributed by atoms with E-state index < -0.39 is 23.8 Å². The van der Waals surface area contributed by atoms with E-state index in [1.807, 2.05) is 12.1 Å². The molecule has 0 aliphatic carbocycles. The number of aromatic nitrogens is 1. The van der Waals surface area contributed by atoms with Gasteiger partial charge in [-0.15, -0.1) is 0 Å². The second kappa shape index (κ2) is 7.04. The normalized spacial score (nSPS) is 17.9. The van der Waals surface area contributed by atoms with Gasteiger partial charge in [0.1, 0.15) is 0 Å². The van der Waals surface area contributed by atoms with Crippen LogP contribution >= 0.6 is 0 Å². The molecule has 1 saturated heterocycles. The molecule has 3 rings (SSSR count). The number of amides is 4. The number of pyridine rings is 1. The predicted molar refractivity (Wildman–Crippen MR) is 92.1 cm³/mol. The largest absolute Gasteiger partial charge is 0.335 e. The average Bonchev–Trinajstić information content (AvgIpc) is 2.60. The molecule has 0 unspecified atom stereocenters. The Morgan fingerprint density at radius 3 is 2.64 bits per heavy atom. The first-order valence-electron chi connectivity index (χ1n) is 7.72. The molecular formula is C18H16N4O3. The molecule has 1 aliphatic rings. The van der Waals surface area contributed by atoms with Gasteiger partial charge in [-0.1, -0.05) is 24.3 Å². The number of hydrogen-bond donors (Lipinski definition) is 1. The van der Waals surface area contributed by atoms with Crippen LogP contribution in [0.5, 0.6) is 0 Å². The van der Waals surface area contributed by atoms with Gasteiger partial charge in [0.15, 0.2) is 5.92 Å². The zero-order chi connectivity index (χ0) is 17.8. The average molecular weight is 336 g/mol. The van der Waals surface area contributed by atoms with Crippen molar-refractivity contribution in [3.05, 3.63) is 59.9 Å². The number of para-hydroxylation sites is 1. The number of rotatable bonds is 4. The molecule has 2 heterocycles. The van der Waals surface area contributed by atoms with Crippen LogP contribution in [0.2, 0.25) is 0 Å². The molecule has 1 aromatic carbocycles. The Kier molecular flexibility index (Phi) is 4.65. The van der Waals surface area contributed by atoms with Gasteiger partial charge in [0.25, 0.3) is 5.91 Å². The summed E-state index contributed by atoms with van der Waals surface area (Å²) in [6.07, 6.45) is 2.91. The number of carbonyl (C=O) groups excluding carboxylic acids is 3. The van der Waals surface area contributed by atoms with Gasteiger partial charge in [0.2, 0.25) is 5.91 Å². The Morgan fingerprint density at radius 2 is 1.92 bits per heavy atom. The zero-order valence-corrected chi connectivity index (χ0v) is 13.5. The molecule has 0 bridgehead atoms. The minimum atomic E-state index is -1.15. The maximum absolute atomic E-state index is 12.7. The quantitative estimate of drug-likeness (QED) is 0.681. The fraction of sp³-hybridized carbons (Fsp3) is 0.167. The van der Waals surface area contributed by atoms with Crippen LogP contribution in [0.25, 0.3) is 0 Å². The number of urea groups is 1. The minimum Gasteiger partial charge on any atom is -0.290 e. The molecule has 1 aromatic heterocycles. The Labute approximate surface area is 144 Å². The maximum Gasteiger partial charge on any atom is 0.335 e. The van der Waals surface area contributed by atoms with E-state index >= 15 is 0 Å². The molecule has 1 aliphatic heterocycles. The number of aryl methyl sites for hydroxylation is 1. The number of hydrogen-bond acceptors (Lipinski definition) is 5. The van der Waals surface area contributed by atoms with Gasteiger partial charge in [-0.05, 0) is 30.7 Å². The summed E-state index contributed by atoms with van der Waals surface area (Å²) in [5.41, 5.74) is 1.92. The van der Waals surface area contributed by atoms with E-state index in [-0.39, 0.29) is 6.54 Å². The van der Waals surface area contributed by atoms with E-state index in [9.17, 15) is 14.4 Å². The van der Waals surface area contributed by atoms with Crippen molar-refractivity contribution in [1.82, 2.24) is 10.3 Å². The Morgan fingerprint density at radius 1 is 1.16 bits per heavy atom. The van der Waals surface area contributed by atoms with Gasteiger partial charge < -0.3 is 0 Å². The number of anilines is 1. The van der Waals surface area contributed by atoms with Crippen LogP contribution in [0.4, 0.5) is 10.5 Å². The summed E-state index contributed by atoms with van der Waals surface area (Å²) in [5.74, 6) is -2.45. The second-order valence-corrected chi connectivity index (χ2v) is 5.54. The summed E-state index contributed by atoms with van der Waals surface area (Å²) in [7, 11) is 0. The number of barbiturate groups is 1. The number of benzene rings is 1. The van der Waals surface area contributed by atoms with E-state index in [1.54, 1.807) is 43.5 Å². The van der Waals surface area contributed by atoms with Crippen LogP contribution in [0.15, 0.2) is 53.7 Å². The van der Waals surface area contributed by atoms with Crippen LogP contribution in [0.1, 0.15) is 11.3 Å². The Balaban J connectivity index is 1.82. The van der Waals surface area contributed by atoms with Crippen LogP contribution in [0, 0.1) is 12.8 Å². The molecule has 0 spiro atoms. The lowest BCUT2D eigenvalue weighted by molar-refractivity contribution is -0.131. The number of imide groups is 2. The second-order valence-electron chi connectivity index (χ2n) is 5.54.